The molecule has 100 valence electrons. The van der Waals surface area contributed by atoms with Gasteiger partial charge in [0.25, 0.3) is 0 Å². The van der Waals surface area contributed by atoms with Crippen molar-refractivity contribution in [2.24, 2.45) is 0 Å². The van der Waals surface area contributed by atoms with Crippen molar-refractivity contribution in [2.45, 2.75) is 10.7 Å². The highest BCUT2D eigenvalue weighted by molar-refractivity contribution is 8.09. The quantitative estimate of drug-likeness (QED) is 0.433. The number of thioether (sulfide) groups is 1. The molecule has 0 aliphatic heterocycles. The van der Waals surface area contributed by atoms with E-state index in [-0.39, 0.29) is 10.7 Å². The molecule has 2 aromatic rings. The Morgan fingerprint density at radius 1 is 1.00 bits per heavy atom. The molecule has 6 heteroatoms. The first-order valence-corrected chi connectivity index (χ1v) is 7.65. The van der Waals surface area contributed by atoms with Crippen LogP contribution in [0.1, 0.15) is 17.4 Å². The lowest BCUT2D eigenvalue weighted by molar-refractivity contribution is 0.494. The van der Waals surface area contributed by atoms with Gasteiger partial charge in [-0.2, -0.15) is 0 Å². The first-order chi connectivity index (χ1) is 9.31. The van der Waals surface area contributed by atoms with Gasteiger partial charge in [-0.25, -0.2) is 10.9 Å². The van der Waals surface area contributed by atoms with Crippen molar-refractivity contribution in [3.8, 4) is 0 Å². The molecule has 1 unspecified atom stereocenters. The molecular formula is C13H16N4S2. The van der Waals surface area contributed by atoms with Crippen LogP contribution >= 0.6 is 24.4 Å². The van der Waals surface area contributed by atoms with E-state index in [2.05, 4.69) is 33.4 Å². The number of thiol groups is 1. The second kappa shape index (κ2) is 7.49. The normalized spacial score (nSPS) is 12.6. The molecule has 0 fully saturated rings. The molecule has 2 aromatic heterocycles. The van der Waals surface area contributed by atoms with Crippen LogP contribution in [-0.2, 0) is 0 Å². The van der Waals surface area contributed by atoms with Gasteiger partial charge in [0.1, 0.15) is 10.7 Å². The van der Waals surface area contributed by atoms with Crippen LogP contribution in [-0.4, -0.2) is 20.9 Å². The fourth-order valence-electron chi connectivity index (χ4n) is 1.61. The zero-order valence-electron chi connectivity index (χ0n) is 10.5. The molecule has 0 amide bonds. The van der Waals surface area contributed by atoms with E-state index in [1.54, 1.807) is 24.2 Å². The maximum absolute atomic E-state index is 4.38. The molecule has 0 saturated carbocycles. The minimum Gasteiger partial charge on any atom is -0.259 e. The Hall–Kier alpha value is -1.08. The Morgan fingerprint density at radius 3 is 2.00 bits per heavy atom. The van der Waals surface area contributed by atoms with Gasteiger partial charge in [-0.3, -0.25) is 9.97 Å². The van der Waals surface area contributed by atoms with Gasteiger partial charge in [0, 0.05) is 12.4 Å². The molecule has 2 rings (SSSR count). The van der Waals surface area contributed by atoms with E-state index in [0.717, 1.165) is 11.4 Å². The van der Waals surface area contributed by atoms with E-state index in [0.29, 0.717) is 0 Å². The highest BCUT2D eigenvalue weighted by Crippen LogP contribution is 2.17. The van der Waals surface area contributed by atoms with Crippen LogP contribution in [0.25, 0.3) is 0 Å². The molecule has 0 aromatic carbocycles. The van der Waals surface area contributed by atoms with E-state index >= 15 is 0 Å². The highest BCUT2D eigenvalue weighted by atomic mass is 32.2. The monoisotopic (exact) mass is 292 g/mol. The van der Waals surface area contributed by atoms with Crippen LogP contribution in [0.4, 0.5) is 0 Å². The fraction of sp³-hybridized carbons (Fsp3) is 0.231. The minimum atomic E-state index is -0.107. The summed E-state index contributed by atoms with van der Waals surface area (Å²) < 4.78 is 0.00919. The lowest BCUT2D eigenvalue weighted by atomic mass is 10.1. The molecular weight excluding hydrogens is 276 g/mol. The van der Waals surface area contributed by atoms with Crippen molar-refractivity contribution >= 4 is 24.4 Å². The Morgan fingerprint density at radius 2 is 1.58 bits per heavy atom. The summed E-state index contributed by atoms with van der Waals surface area (Å²) in [6.45, 7) is 0. The van der Waals surface area contributed by atoms with Crippen molar-refractivity contribution in [3.63, 3.8) is 0 Å². The zero-order chi connectivity index (χ0) is 13.5. The maximum atomic E-state index is 4.38. The molecule has 0 aliphatic carbocycles. The van der Waals surface area contributed by atoms with Gasteiger partial charge in [-0.15, -0.1) is 24.4 Å². The molecule has 0 radical (unpaired) electrons. The van der Waals surface area contributed by atoms with Crippen LogP contribution in [0.3, 0.4) is 0 Å². The first-order valence-electron chi connectivity index (χ1n) is 5.85. The molecule has 0 bridgehead atoms. The number of hydrogen-bond acceptors (Lipinski definition) is 6. The molecule has 2 heterocycles. The third kappa shape index (κ3) is 4.21. The largest absolute Gasteiger partial charge is 0.259 e. The lowest BCUT2D eigenvalue weighted by Gasteiger charge is -2.20. The average molecular weight is 292 g/mol. The van der Waals surface area contributed by atoms with Gasteiger partial charge < -0.3 is 0 Å². The summed E-state index contributed by atoms with van der Waals surface area (Å²) in [5, 5.41) is 0. The number of nitrogens with zero attached hydrogens (tertiary/aromatic N) is 2. The van der Waals surface area contributed by atoms with Crippen molar-refractivity contribution in [1.82, 2.24) is 20.8 Å². The summed E-state index contributed by atoms with van der Waals surface area (Å²) in [6, 6.07) is 11.6. The summed E-state index contributed by atoms with van der Waals surface area (Å²) in [5.41, 5.74) is 8.18. The number of hydrazine groups is 1. The summed E-state index contributed by atoms with van der Waals surface area (Å²) in [5.74, 6) is 0. The predicted molar refractivity (Wildman–Crippen MR) is 82.9 cm³/mol. The molecule has 0 saturated heterocycles. The van der Waals surface area contributed by atoms with E-state index < -0.39 is 0 Å². The topological polar surface area (TPSA) is 49.8 Å². The Bertz CT molecular complexity index is 441. The van der Waals surface area contributed by atoms with Crippen LogP contribution in [0, 0.1) is 0 Å². The fourth-order valence-corrected chi connectivity index (χ4v) is 1.87. The number of aromatic nitrogens is 2. The van der Waals surface area contributed by atoms with Gasteiger partial charge in [0.15, 0.2) is 0 Å². The van der Waals surface area contributed by atoms with Crippen LogP contribution in [0.5, 0.6) is 0 Å². The van der Waals surface area contributed by atoms with Crippen molar-refractivity contribution < 1.29 is 0 Å². The Balaban J connectivity index is 2.19. The molecule has 2 N–H and O–H groups in total. The van der Waals surface area contributed by atoms with E-state index in [1.807, 2.05) is 42.7 Å². The van der Waals surface area contributed by atoms with Gasteiger partial charge >= 0.3 is 0 Å². The summed E-state index contributed by atoms with van der Waals surface area (Å²) in [6.07, 6.45) is 5.54. The summed E-state index contributed by atoms with van der Waals surface area (Å²) in [7, 11) is 0. The molecule has 4 nitrogen and oxygen atoms in total. The molecule has 0 aliphatic rings. The Labute approximate surface area is 122 Å². The second-order valence-corrected chi connectivity index (χ2v) is 5.63. The average Bonchev–Trinajstić information content (AvgIpc) is 2.49. The van der Waals surface area contributed by atoms with Gasteiger partial charge in [0.05, 0.1) is 11.4 Å². The minimum absolute atomic E-state index is 0.00919. The highest BCUT2D eigenvalue weighted by Gasteiger charge is 2.16. The SMILES string of the molecule is CSC(S)NNC(c1ccccn1)c1ccccn1. The van der Waals surface area contributed by atoms with Gasteiger partial charge in [0.2, 0.25) is 0 Å². The van der Waals surface area contributed by atoms with E-state index in [4.69, 9.17) is 0 Å². The molecule has 1 atom stereocenters. The van der Waals surface area contributed by atoms with E-state index in [9.17, 15) is 0 Å². The molecule has 0 spiro atoms. The van der Waals surface area contributed by atoms with Gasteiger partial charge in [-0.05, 0) is 30.5 Å². The third-order valence-electron chi connectivity index (χ3n) is 2.54. The van der Waals surface area contributed by atoms with Crippen molar-refractivity contribution in [2.75, 3.05) is 6.26 Å². The summed E-state index contributed by atoms with van der Waals surface area (Å²) >= 11 is 5.98. The first kappa shape index (κ1) is 14.3. The maximum Gasteiger partial charge on any atom is 0.109 e. The van der Waals surface area contributed by atoms with Crippen LogP contribution < -0.4 is 10.9 Å². The summed E-state index contributed by atoms with van der Waals surface area (Å²) in [4.78, 5) is 8.77. The standard InChI is InChI=1S/C13H16N4S2/c1-19-13(18)17-16-12(10-6-2-4-8-14-10)11-7-3-5-9-15-11/h2-9,12-13,16-18H,1H3. The van der Waals surface area contributed by atoms with Crippen LogP contribution in [0.15, 0.2) is 48.8 Å². The van der Waals surface area contributed by atoms with E-state index in [1.165, 1.54) is 0 Å². The zero-order valence-corrected chi connectivity index (χ0v) is 12.2. The number of nitrogens with one attached hydrogen (secondary N) is 2. The number of hydrogen-bond donors (Lipinski definition) is 3. The van der Waals surface area contributed by atoms with Crippen molar-refractivity contribution in [3.05, 3.63) is 60.2 Å². The van der Waals surface area contributed by atoms with Crippen LogP contribution in [0.2, 0.25) is 0 Å². The number of pyridine rings is 2. The predicted octanol–water partition coefficient (Wildman–Crippen LogP) is 2.24. The van der Waals surface area contributed by atoms with Gasteiger partial charge in [-0.1, -0.05) is 12.1 Å². The second-order valence-electron chi connectivity index (χ2n) is 3.82. The lowest BCUT2D eigenvalue weighted by Crippen LogP contribution is -2.40. The smallest absolute Gasteiger partial charge is 0.109 e. The molecule has 19 heavy (non-hydrogen) atoms. The Kier molecular flexibility index (Phi) is 5.65. The van der Waals surface area contributed by atoms with Crippen molar-refractivity contribution in [1.29, 1.82) is 0 Å². The number of rotatable bonds is 6. The third-order valence-corrected chi connectivity index (χ3v) is 3.87.